The second kappa shape index (κ2) is 3.32. The van der Waals surface area contributed by atoms with E-state index in [9.17, 15) is 5.21 Å². The van der Waals surface area contributed by atoms with Gasteiger partial charge in [0.05, 0.1) is 5.69 Å². The van der Waals surface area contributed by atoms with E-state index in [2.05, 4.69) is 0 Å². The molecular formula is C9H7NOS2. The molecule has 4 heteroatoms. The SMILES string of the molecule is On1c(-c2ccccc2)csc1=S. The monoisotopic (exact) mass is 209 g/mol. The van der Waals surface area contributed by atoms with E-state index >= 15 is 0 Å². The van der Waals surface area contributed by atoms with E-state index in [1.807, 2.05) is 35.7 Å². The summed E-state index contributed by atoms with van der Waals surface area (Å²) in [5, 5.41) is 11.4. The lowest BCUT2D eigenvalue weighted by Crippen LogP contribution is -1.91. The lowest BCUT2D eigenvalue weighted by molar-refractivity contribution is 0.190. The summed E-state index contributed by atoms with van der Waals surface area (Å²) in [5.41, 5.74) is 1.72. The van der Waals surface area contributed by atoms with Crippen molar-refractivity contribution in [3.8, 4) is 11.3 Å². The van der Waals surface area contributed by atoms with Crippen molar-refractivity contribution in [3.05, 3.63) is 39.7 Å². The third-order valence-electron chi connectivity index (χ3n) is 1.74. The lowest BCUT2D eigenvalue weighted by Gasteiger charge is -1.99. The number of nitrogens with zero attached hydrogens (tertiary/aromatic N) is 1. The first-order valence-corrected chi connectivity index (χ1v) is 5.03. The van der Waals surface area contributed by atoms with Gasteiger partial charge < -0.3 is 5.21 Å². The molecule has 2 rings (SSSR count). The summed E-state index contributed by atoms with van der Waals surface area (Å²) in [5.74, 6) is 0. The van der Waals surface area contributed by atoms with E-state index in [-0.39, 0.29) is 0 Å². The van der Waals surface area contributed by atoms with Gasteiger partial charge in [0.15, 0.2) is 3.95 Å². The zero-order valence-corrected chi connectivity index (χ0v) is 8.31. The minimum absolute atomic E-state index is 0.471. The molecule has 0 amide bonds. The Kier molecular flexibility index (Phi) is 2.16. The third-order valence-corrected chi connectivity index (χ3v) is 2.92. The molecule has 2 nitrogen and oxygen atoms in total. The van der Waals surface area contributed by atoms with Crippen LogP contribution >= 0.6 is 23.6 Å². The van der Waals surface area contributed by atoms with Gasteiger partial charge in [-0.3, -0.25) is 0 Å². The third kappa shape index (κ3) is 1.50. The van der Waals surface area contributed by atoms with Crippen LogP contribution in [0.1, 0.15) is 0 Å². The molecule has 1 aromatic carbocycles. The summed E-state index contributed by atoms with van der Waals surface area (Å²) < 4.78 is 1.51. The van der Waals surface area contributed by atoms with E-state index in [0.29, 0.717) is 3.95 Å². The van der Waals surface area contributed by atoms with Crippen molar-refractivity contribution in [1.82, 2.24) is 4.73 Å². The Morgan fingerprint density at radius 3 is 2.46 bits per heavy atom. The average Bonchev–Trinajstić information content (AvgIpc) is 2.49. The van der Waals surface area contributed by atoms with Gasteiger partial charge >= 0.3 is 0 Å². The largest absolute Gasteiger partial charge is 0.426 e. The van der Waals surface area contributed by atoms with E-state index in [1.165, 1.54) is 11.3 Å². The fourth-order valence-corrected chi connectivity index (χ4v) is 1.99. The molecular weight excluding hydrogens is 202 g/mol. The maximum absolute atomic E-state index is 9.51. The van der Waals surface area contributed by atoms with Gasteiger partial charge in [0.1, 0.15) is 0 Å². The zero-order valence-electron chi connectivity index (χ0n) is 6.68. The van der Waals surface area contributed by atoms with Gasteiger partial charge in [-0.05, 0) is 12.2 Å². The van der Waals surface area contributed by atoms with E-state index in [0.717, 1.165) is 16.0 Å². The predicted molar refractivity (Wildman–Crippen MR) is 55.8 cm³/mol. The van der Waals surface area contributed by atoms with E-state index < -0.39 is 0 Å². The summed E-state index contributed by atoms with van der Waals surface area (Å²) in [6.07, 6.45) is 0. The first-order chi connectivity index (χ1) is 6.29. The maximum Gasteiger partial charge on any atom is 0.196 e. The van der Waals surface area contributed by atoms with Gasteiger partial charge in [-0.2, -0.15) is 4.73 Å². The summed E-state index contributed by atoms with van der Waals surface area (Å²) in [4.78, 5) is 0. The molecule has 0 unspecified atom stereocenters. The molecule has 1 aromatic heterocycles. The Morgan fingerprint density at radius 2 is 1.92 bits per heavy atom. The molecule has 0 aliphatic rings. The molecule has 13 heavy (non-hydrogen) atoms. The highest BCUT2D eigenvalue weighted by Crippen LogP contribution is 2.21. The molecule has 2 aromatic rings. The van der Waals surface area contributed by atoms with Gasteiger partial charge in [-0.25, -0.2) is 0 Å². The fraction of sp³-hybridized carbons (Fsp3) is 0. The van der Waals surface area contributed by atoms with Gasteiger partial charge in [0.25, 0.3) is 0 Å². The van der Waals surface area contributed by atoms with E-state index in [4.69, 9.17) is 12.2 Å². The Hall–Kier alpha value is -1.13. The summed E-state index contributed by atoms with van der Waals surface area (Å²) in [6.45, 7) is 0. The van der Waals surface area contributed by atoms with Crippen molar-refractivity contribution in [2.24, 2.45) is 0 Å². The predicted octanol–water partition coefficient (Wildman–Crippen LogP) is 3.18. The first kappa shape index (κ1) is 8.47. The molecule has 0 aliphatic carbocycles. The highest BCUT2D eigenvalue weighted by molar-refractivity contribution is 7.73. The van der Waals surface area contributed by atoms with Crippen molar-refractivity contribution < 1.29 is 5.21 Å². The Morgan fingerprint density at radius 1 is 1.23 bits per heavy atom. The quantitative estimate of drug-likeness (QED) is 0.576. The maximum atomic E-state index is 9.51. The van der Waals surface area contributed by atoms with Crippen LogP contribution in [0.2, 0.25) is 0 Å². The Balaban J connectivity index is 2.60. The molecule has 1 N–H and O–H groups in total. The van der Waals surface area contributed by atoms with Crippen LogP contribution in [0.15, 0.2) is 35.7 Å². The zero-order chi connectivity index (χ0) is 9.26. The minimum Gasteiger partial charge on any atom is -0.426 e. The van der Waals surface area contributed by atoms with Crippen LogP contribution in [0.5, 0.6) is 0 Å². The molecule has 0 saturated heterocycles. The van der Waals surface area contributed by atoms with Gasteiger partial charge in [-0.15, -0.1) is 11.3 Å². The number of aromatic nitrogens is 1. The molecule has 0 aliphatic heterocycles. The number of hydrogen-bond donors (Lipinski definition) is 1. The molecule has 0 saturated carbocycles. The molecule has 0 spiro atoms. The van der Waals surface area contributed by atoms with Crippen molar-refractivity contribution in [2.75, 3.05) is 0 Å². The molecule has 0 fully saturated rings. The average molecular weight is 209 g/mol. The molecule has 0 bridgehead atoms. The normalized spacial score (nSPS) is 10.2. The number of rotatable bonds is 1. The first-order valence-electron chi connectivity index (χ1n) is 3.74. The van der Waals surface area contributed by atoms with Gasteiger partial charge in [0, 0.05) is 10.9 Å². The van der Waals surface area contributed by atoms with Crippen molar-refractivity contribution in [1.29, 1.82) is 0 Å². The topological polar surface area (TPSA) is 25.2 Å². The van der Waals surface area contributed by atoms with E-state index in [1.54, 1.807) is 0 Å². The van der Waals surface area contributed by atoms with Crippen molar-refractivity contribution >= 4 is 23.6 Å². The lowest BCUT2D eigenvalue weighted by atomic mass is 10.2. The number of hydrogen-bond acceptors (Lipinski definition) is 3. The highest BCUT2D eigenvalue weighted by atomic mass is 32.1. The smallest absolute Gasteiger partial charge is 0.196 e. The second-order valence-corrected chi connectivity index (χ2v) is 4.07. The fourth-order valence-electron chi connectivity index (χ4n) is 1.10. The minimum atomic E-state index is 0.471. The summed E-state index contributed by atoms with van der Waals surface area (Å²) >= 11 is 6.26. The van der Waals surface area contributed by atoms with Crippen molar-refractivity contribution in [2.45, 2.75) is 0 Å². The summed E-state index contributed by atoms with van der Waals surface area (Å²) in [7, 11) is 0. The Labute approximate surface area is 84.7 Å². The van der Waals surface area contributed by atoms with Crippen LogP contribution in [0.3, 0.4) is 0 Å². The molecule has 0 radical (unpaired) electrons. The summed E-state index contributed by atoms with van der Waals surface area (Å²) in [6, 6.07) is 9.66. The van der Waals surface area contributed by atoms with Crippen LogP contribution in [0, 0.1) is 3.95 Å². The van der Waals surface area contributed by atoms with Crippen molar-refractivity contribution in [3.63, 3.8) is 0 Å². The molecule has 1 heterocycles. The van der Waals surface area contributed by atoms with Crippen LogP contribution in [-0.4, -0.2) is 9.94 Å². The van der Waals surface area contributed by atoms with Gasteiger partial charge in [0.2, 0.25) is 0 Å². The molecule has 0 atom stereocenters. The van der Waals surface area contributed by atoms with Crippen LogP contribution in [0.4, 0.5) is 0 Å². The Bertz CT molecular complexity index is 458. The van der Waals surface area contributed by atoms with Crippen LogP contribution in [0.25, 0.3) is 11.3 Å². The van der Waals surface area contributed by atoms with Crippen LogP contribution in [-0.2, 0) is 0 Å². The highest BCUT2D eigenvalue weighted by Gasteiger charge is 2.03. The van der Waals surface area contributed by atoms with Crippen LogP contribution < -0.4 is 0 Å². The second-order valence-electron chi connectivity index (χ2n) is 2.56. The standard InChI is InChI=1S/C9H7NOS2/c11-10-8(6-13-9(10)12)7-4-2-1-3-5-7/h1-6,11H. The van der Waals surface area contributed by atoms with Gasteiger partial charge in [-0.1, -0.05) is 30.3 Å². The number of benzene rings is 1. The molecule has 66 valence electrons. The number of thiazole rings is 1.